The third-order valence-corrected chi connectivity index (χ3v) is 3.36. The van der Waals surface area contributed by atoms with E-state index in [1.54, 1.807) is 0 Å². The minimum Gasteiger partial charge on any atom is -0.464 e. The highest BCUT2D eigenvalue weighted by Gasteiger charge is 2.10. The predicted molar refractivity (Wildman–Crippen MR) is 99.4 cm³/mol. The highest BCUT2D eigenvalue weighted by atomic mass is 127. The fourth-order valence-corrected chi connectivity index (χ4v) is 2.10. The number of halogens is 1. The zero-order valence-electron chi connectivity index (χ0n) is 12.7. The molecule has 0 aliphatic heterocycles. The highest BCUT2D eigenvalue weighted by molar-refractivity contribution is 14.0. The molecule has 1 aromatic rings. The molecule has 1 aromatic heterocycles. The SMILES string of the molecule is CCNC(=NCCCSC)NC(C)c1ccc(C)o1.I. The van der Waals surface area contributed by atoms with Crippen LogP contribution in [0.4, 0.5) is 0 Å². The Kier molecular flexibility index (Phi) is 11.1. The molecule has 1 heterocycles. The molecule has 1 unspecified atom stereocenters. The van der Waals surface area contributed by atoms with Crippen molar-refractivity contribution in [1.29, 1.82) is 0 Å². The molecule has 0 radical (unpaired) electrons. The van der Waals surface area contributed by atoms with E-state index in [1.165, 1.54) is 0 Å². The molecule has 0 aliphatic rings. The number of aryl methyl sites for hydroxylation is 1. The van der Waals surface area contributed by atoms with E-state index in [0.717, 1.165) is 42.7 Å². The highest BCUT2D eigenvalue weighted by Crippen LogP contribution is 2.15. The minimum absolute atomic E-state index is 0. The lowest BCUT2D eigenvalue weighted by atomic mass is 10.2. The fourth-order valence-electron chi connectivity index (χ4n) is 1.68. The lowest BCUT2D eigenvalue weighted by molar-refractivity contribution is 0.441. The van der Waals surface area contributed by atoms with Crippen molar-refractivity contribution in [3.8, 4) is 0 Å². The monoisotopic (exact) mass is 411 g/mol. The van der Waals surface area contributed by atoms with Crippen molar-refractivity contribution in [1.82, 2.24) is 10.6 Å². The number of hydrogen-bond donors (Lipinski definition) is 2. The van der Waals surface area contributed by atoms with E-state index in [4.69, 9.17) is 4.42 Å². The van der Waals surface area contributed by atoms with E-state index in [-0.39, 0.29) is 30.0 Å². The molecule has 0 aromatic carbocycles. The van der Waals surface area contributed by atoms with Gasteiger partial charge in [-0.25, -0.2) is 0 Å². The van der Waals surface area contributed by atoms with Gasteiger partial charge >= 0.3 is 0 Å². The molecule has 0 saturated heterocycles. The summed E-state index contributed by atoms with van der Waals surface area (Å²) in [7, 11) is 0. The summed E-state index contributed by atoms with van der Waals surface area (Å²) in [4.78, 5) is 4.56. The first-order valence-corrected chi connectivity index (χ1v) is 8.16. The number of thioether (sulfide) groups is 1. The average molecular weight is 411 g/mol. The first kappa shape index (κ1) is 19.6. The van der Waals surface area contributed by atoms with Gasteiger partial charge in [0.25, 0.3) is 0 Å². The number of furan rings is 1. The lowest BCUT2D eigenvalue weighted by Gasteiger charge is -2.16. The fraction of sp³-hybridized carbons (Fsp3) is 0.643. The number of guanidine groups is 1. The number of nitrogens with one attached hydrogen (secondary N) is 2. The Morgan fingerprint density at radius 2 is 2.20 bits per heavy atom. The summed E-state index contributed by atoms with van der Waals surface area (Å²) < 4.78 is 5.62. The summed E-state index contributed by atoms with van der Waals surface area (Å²) in [6, 6.07) is 4.10. The Balaban J connectivity index is 0.00000361. The van der Waals surface area contributed by atoms with E-state index in [0.29, 0.717) is 0 Å². The summed E-state index contributed by atoms with van der Waals surface area (Å²) >= 11 is 1.86. The maximum atomic E-state index is 5.62. The molecule has 0 fully saturated rings. The van der Waals surface area contributed by atoms with E-state index in [9.17, 15) is 0 Å². The maximum absolute atomic E-state index is 5.62. The summed E-state index contributed by atoms with van der Waals surface area (Å²) in [6.07, 6.45) is 3.22. The zero-order valence-corrected chi connectivity index (χ0v) is 15.9. The second kappa shape index (κ2) is 11.3. The van der Waals surface area contributed by atoms with Gasteiger partial charge in [0.15, 0.2) is 5.96 Å². The van der Waals surface area contributed by atoms with Crippen LogP contribution in [0.15, 0.2) is 21.5 Å². The van der Waals surface area contributed by atoms with Crippen molar-refractivity contribution >= 4 is 41.7 Å². The number of nitrogens with zero attached hydrogens (tertiary/aromatic N) is 1. The summed E-state index contributed by atoms with van der Waals surface area (Å²) in [6.45, 7) is 7.81. The molecular weight excluding hydrogens is 385 g/mol. The van der Waals surface area contributed by atoms with Crippen molar-refractivity contribution in [2.24, 2.45) is 4.99 Å². The first-order chi connectivity index (χ1) is 9.17. The molecule has 20 heavy (non-hydrogen) atoms. The Hall–Kier alpha value is -0.370. The van der Waals surface area contributed by atoms with Crippen LogP contribution in [-0.2, 0) is 0 Å². The van der Waals surface area contributed by atoms with Gasteiger partial charge < -0.3 is 15.1 Å². The van der Waals surface area contributed by atoms with Gasteiger partial charge in [-0.15, -0.1) is 24.0 Å². The van der Waals surface area contributed by atoms with Crippen LogP contribution in [0.2, 0.25) is 0 Å². The lowest BCUT2D eigenvalue weighted by Crippen LogP contribution is -2.38. The van der Waals surface area contributed by atoms with E-state index >= 15 is 0 Å². The number of rotatable bonds is 7. The van der Waals surface area contributed by atoms with E-state index < -0.39 is 0 Å². The van der Waals surface area contributed by atoms with E-state index in [1.807, 2.05) is 30.8 Å². The Morgan fingerprint density at radius 3 is 2.75 bits per heavy atom. The van der Waals surface area contributed by atoms with E-state index in [2.05, 4.69) is 35.7 Å². The van der Waals surface area contributed by atoms with Crippen LogP contribution in [0.5, 0.6) is 0 Å². The van der Waals surface area contributed by atoms with Gasteiger partial charge in [-0.1, -0.05) is 0 Å². The molecule has 4 nitrogen and oxygen atoms in total. The van der Waals surface area contributed by atoms with Gasteiger partial charge in [0, 0.05) is 13.1 Å². The van der Waals surface area contributed by atoms with Crippen molar-refractivity contribution in [2.75, 3.05) is 25.1 Å². The van der Waals surface area contributed by atoms with Crippen molar-refractivity contribution in [3.63, 3.8) is 0 Å². The summed E-state index contributed by atoms with van der Waals surface area (Å²) in [5.74, 6) is 3.87. The molecule has 116 valence electrons. The quantitative estimate of drug-likeness (QED) is 0.312. The largest absolute Gasteiger partial charge is 0.464 e. The molecule has 1 rings (SSSR count). The summed E-state index contributed by atoms with van der Waals surface area (Å²) in [5.41, 5.74) is 0. The van der Waals surface area contributed by atoms with Gasteiger partial charge in [0.05, 0.1) is 6.04 Å². The molecule has 1 atom stereocenters. The second-order valence-corrected chi connectivity index (χ2v) is 5.41. The van der Waals surface area contributed by atoms with Gasteiger partial charge in [-0.3, -0.25) is 4.99 Å². The number of hydrogen-bond acceptors (Lipinski definition) is 3. The molecule has 0 bridgehead atoms. The molecule has 0 aliphatic carbocycles. The normalized spacial score (nSPS) is 12.7. The molecular formula is C14H26IN3OS. The van der Waals surface area contributed by atoms with Crippen molar-refractivity contribution in [2.45, 2.75) is 33.2 Å². The van der Waals surface area contributed by atoms with Gasteiger partial charge in [0.1, 0.15) is 11.5 Å². The molecule has 2 N–H and O–H groups in total. The van der Waals surface area contributed by atoms with Crippen LogP contribution in [0.3, 0.4) is 0 Å². The van der Waals surface area contributed by atoms with Crippen LogP contribution >= 0.6 is 35.7 Å². The van der Waals surface area contributed by atoms with Crippen LogP contribution in [0, 0.1) is 6.92 Å². The Bertz CT molecular complexity index is 396. The smallest absolute Gasteiger partial charge is 0.191 e. The van der Waals surface area contributed by atoms with Gasteiger partial charge in [-0.2, -0.15) is 11.8 Å². The van der Waals surface area contributed by atoms with Gasteiger partial charge in [-0.05, 0) is 51.3 Å². The number of aliphatic imine (C=N–C) groups is 1. The third-order valence-electron chi connectivity index (χ3n) is 2.66. The minimum atomic E-state index is 0. The predicted octanol–water partition coefficient (Wildman–Crippen LogP) is 3.58. The van der Waals surface area contributed by atoms with Crippen LogP contribution in [-0.4, -0.2) is 31.1 Å². The standard InChI is InChI=1S/C14H25N3OS.HI/c1-5-15-14(16-9-6-10-19-4)17-12(3)13-8-7-11(2)18-13;/h7-8,12H,5-6,9-10H2,1-4H3,(H2,15,16,17);1H. The first-order valence-electron chi connectivity index (χ1n) is 6.77. The molecule has 6 heteroatoms. The van der Waals surface area contributed by atoms with Crippen molar-refractivity contribution in [3.05, 3.63) is 23.7 Å². The maximum Gasteiger partial charge on any atom is 0.191 e. The third kappa shape index (κ3) is 7.42. The zero-order chi connectivity index (χ0) is 14.1. The molecule has 0 saturated carbocycles. The Labute approximate surface area is 143 Å². The average Bonchev–Trinajstić information content (AvgIpc) is 2.81. The van der Waals surface area contributed by atoms with Crippen molar-refractivity contribution < 1.29 is 4.42 Å². The van der Waals surface area contributed by atoms with Crippen LogP contribution < -0.4 is 10.6 Å². The molecule has 0 amide bonds. The summed E-state index contributed by atoms with van der Waals surface area (Å²) in [5, 5.41) is 6.62. The second-order valence-electron chi connectivity index (χ2n) is 4.42. The molecule has 0 spiro atoms. The van der Waals surface area contributed by atoms with Crippen LogP contribution in [0.25, 0.3) is 0 Å². The van der Waals surface area contributed by atoms with Gasteiger partial charge in [0.2, 0.25) is 0 Å². The Morgan fingerprint density at radius 1 is 1.45 bits per heavy atom. The topological polar surface area (TPSA) is 49.6 Å². The van der Waals surface area contributed by atoms with Crippen LogP contribution in [0.1, 0.15) is 37.8 Å².